The first-order valence-corrected chi connectivity index (χ1v) is 9.83. The number of nitrogens with one attached hydrogen (secondary N) is 1. The minimum atomic E-state index is -0.540. The molecule has 30 heavy (non-hydrogen) atoms. The number of aromatic nitrogens is 2. The summed E-state index contributed by atoms with van der Waals surface area (Å²) < 4.78 is 13.8. The van der Waals surface area contributed by atoms with Crippen molar-refractivity contribution in [1.29, 1.82) is 0 Å². The molecular weight excluding hydrogens is 407 g/mol. The Balaban J connectivity index is 1.39. The summed E-state index contributed by atoms with van der Waals surface area (Å²) in [5.41, 5.74) is 2.11. The van der Waals surface area contributed by atoms with Gasteiger partial charge in [0.25, 0.3) is 11.1 Å². The third-order valence-corrected chi connectivity index (χ3v) is 5.29. The van der Waals surface area contributed by atoms with Crippen molar-refractivity contribution in [2.75, 3.05) is 11.9 Å². The van der Waals surface area contributed by atoms with Crippen molar-refractivity contribution >= 4 is 51.6 Å². The summed E-state index contributed by atoms with van der Waals surface area (Å²) in [6.45, 7) is -0.0709. The third kappa shape index (κ3) is 4.20. The fourth-order valence-corrected chi connectivity index (χ4v) is 3.76. The fourth-order valence-electron chi connectivity index (χ4n) is 2.90. The van der Waals surface area contributed by atoms with Crippen LogP contribution in [0.4, 0.5) is 14.9 Å². The van der Waals surface area contributed by atoms with Crippen molar-refractivity contribution in [2.45, 2.75) is 6.42 Å². The standard InChI is InChI=1S/C21H15FN4O3S/c22-15-4-2-1-3-13(15)11-18-20(28)26(21(29)30-18)10-7-19(27)25-14-5-6-16-17(12-14)24-9-8-23-16/h1-6,8-9,11-12H,7,10H2,(H,25,27)/b18-11+. The maximum atomic E-state index is 13.8. The number of carbonyl (C=O) groups is 3. The molecule has 7 nitrogen and oxygen atoms in total. The SMILES string of the molecule is O=C(CCN1C(=O)S/C(=C/c2ccccc2F)C1=O)Nc1ccc2nccnc2c1. The van der Waals surface area contributed by atoms with Gasteiger partial charge in [0.05, 0.1) is 15.9 Å². The quantitative estimate of drug-likeness (QED) is 0.628. The topological polar surface area (TPSA) is 92.3 Å². The van der Waals surface area contributed by atoms with E-state index in [2.05, 4.69) is 15.3 Å². The zero-order chi connectivity index (χ0) is 21.1. The second-order valence-electron chi connectivity index (χ2n) is 6.41. The van der Waals surface area contributed by atoms with Crippen molar-refractivity contribution in [3.63, 3.8) is 0 Å². The lowest BCUT2D eigenvalue weighted by Gasteiger charge is -2.12. The number of halogens is 1. The number of rotatable bonds is 5. The predicted octanol–water partition coefficient (Wildman–Crippen LogP) is 3.83. The molecule has 1 aliphatic heterocycles. The van der Waals surface area contributed by atoms with Crippen molar-refractivity contribution in [3.05, 3.63) is 71.1 Å². The van der Waals surface area contributed by atoms with Crippen molar-refractivity contribution in [3.8, 4) is 0 Å². The van der Waals surface area contributed by atoms with Crippen LogP contribution in [0, 0.1) is 5.82 Å². The lowest BCUT2D eigenvalue weighted by molar-refractivity contribution is -0.123. The van der Waals surface area contributed by atoms with E-state index < -0.39 is 17.0 Å². The Hall–Kier alpha value is -3.59. The summed E-state index contributed by atoms with van der Waals surface area (Å²) in [5, 5.41) is 2.23. The molecule has 3 amide bonds. The summed E-state index contributed by atoms with van der Waals surface area (Å²) in [4.78, 5) is 46.4. The number of benzene rings is 2. The number of fused-ring (bicyclic) bond motifs is 1. The first-order valence-electron chi connectivity index (χ1n) is 9.02. The van der Waals surface area contributed by atoms with Crippen LogP contribution in [0.15, 0.2) is 59.8 Å². The van der Waals surface area contributed by atoms with Gasteiger partial charge in [0, 0.05) is 36.6 Å². The Labute approximate surface area is 175 Å². The van der Waals surface area contributed by atoms with Crippen LogP contribution in [-0.2, 0) is 9.59 Å². The minimum absolute atomic E-state index is 0.0659. The number of thioether (sulfide) groups is 1. The van der Waals surface area contributed by atoms with Crippen LogP contribution in [0.25, 0.3) is 17.1 Å². The van der Waals surface area contributed by atoms with E-state index in [0.29, 0.717) is 16.7 Å². The highest BCUT2D eigenvalue weighted by Crippen LogP contribution is 2.32. The molecule has 0 bridgehead atoms. The number of carbonyl (C=O) groups excluding carboxylic acids is 3. The summed E-state index contributed by atoms with van der Waals surface area (Å²) in [5.74, 6) is -1.37. The third-order valence-electron chi connectivity index (χ3n) is 4.38. The number of hydrogen-bond donors (Lipinski definition) is 1. The molecule has 1 saturated heterocycles. The van der Waals surface area contributed by atoms with Crippen molar-refractivity contribution in [1.82, 2.24) is 14.9 Å². The van der Waals surface area contributed by atoms with E-state index in [0.717, 1.165) is 16.7 Å². The molecule has 1 fully saturated rings. The number of nitrogens with zero attached hydrogens (tertiary/aromatic N) is 3. The van der Waals surface area contributed by atoms with Gasteiger partial charge in [-0.05, 0) is 42.1 Å². The average Bonchev–Trinajstić information content (AvgIpc) is 3.00. The van der Waals surface area contributed by atoms with Crippen LogP contribution in [-0.4, -0.2) is 38.5 Å². The Morgan fingerprint density at radius 2 is 1.87 bits per heavy atom. The molecular formula is C21H15FN4O3S. The molecule has 4 rings (SSSR count). The first kappa shape index (κ1) is 19.7. The monoisotopic (exact) mass is 422 g/mol. The Morgan fingerprint density at radius 1 is 1.10 bits per heavy atom. The van der Waals surface area contributed by atoms with Crippen LogP contribution in [0.1, 0.15) is 12.0 Å². The molecule has 0 saturated carbocycles. The summed E-state index contributed by atoms with van der Waals surface area (Å²) in [7, 11) is 0. The molecule has 0 radical (unpaired) electrons. The molecule has 2 aromatic carbocycles. The summed E-state index contributed by atoms with van der Waals surface area (Å²) in [6.07, 6.45) is 4.42. The molecule has 3 aromatic rings. The van der Waals surface area contributed by atoms with Gasteiger partial charge in [0.15, 0.2) is 0 Å². The molecule has 9 heteroatoms. The van der Waals surface area contributed by atoms with E-state index in [1.165, 1.54) is 18.2 Å². The van der Waals surface area contributed by atoms with E-state index >= 15 is 0 Å². The minimum Gasteiger partial charge on any atom is -0.326 e. The highest BCUT2D eigenvalue weighted by Gasteiger charge is 2.35. The lowest BCUT2D eigenvalue weighted by atomic mass is 10.2. The van der Waals surface area contributed by atoms with E-state index in [4.69, 9.17) is 0 Å². The maximum Gasteiger partial charge on any atom is 0.293 e. The molecule has 1 aromatic heterocycles. The van der Waals surface area contributed by atoms with Crippen molar-refractivity contribution in [2.24, 2.45) is 0 Å². The highest BCUT2D eigenvalue weighted by atomic mass is 32.2. The fraction of sp³-hybridized carbons (Fsp3) is 0.0952. The van der Waals surface area contributed by atoms with Gasteiger partial charge in [0.1, 0.15) is 5.82 Å². The van der Waals surface area contributed by atoms with Gasteiger partial charge in [-0.2, -0.15) is 0 Å². The molecule has 0 aliphatic carbocycles. The number of hydrogen-bond acceptors (Lipinski definition) is 6. The zero-order valence-corrected chi connectivity index (χ0v) is 16.4. The lowest BCUT2D eigenvalue weighted by Crippen LogP contribution is -2.31. The van der Waals surface area contributed by atoms with Gasteiger partial charge in [0.2, 0.25) is 5.91 Å². The van der Waals surface area contributed by atoms with Crippen LogP contribution >= 0.6 is 11.8 Å². The Bertz CT molecular complexity index is 1200. The van der Waals surface area contributed by atoms with Gasteiger partial charge in [-0.1, -0.05) is 18.2 Å². The second kappa shape index (κ2) is 8.42. The largest absolute Gasteiger partial charge is 0.326 e. The molecule has 1 aliphatic rings. The molecule has 0 unspecified atom stereocenters. The summed E-state index contributed by atoms with van der Waals surface area (Å²) in [6, 6.07) is 11.1. The van der Waals surface area contributed by atoms with Crippen LogP contribution in [0.3, 0.4) is 0 Å². The van der Waals surface area contributed by atoms with E-state index in [1.54, 1.807) is 42.7 Å². The summed E-state index contributed by atoms with van der Waals surface area (Å²) >= 11 is 0.727. The zero-order valence-electron chi connectivity index (χ0n) is 15.5. The molecule has 150 valence electrons. The van der Waals surface area contributed by atoms with E-state index in [-0.39, 0.29) is 29.3 Å². The van der Waals surface area contributed by atoms with Gasteiger partial charge in [-0.25, -0.2) is 4.39 Å². The molecule has 0 atom stereocenters. The number of imide groups is 1. The van der Waals surface area contributed by atoms with E-state index in [1.807, 2.05) is 0 Å². The van der Waals surface area contributed by atoms with Gasteiger partial charge in [-0.3, -0.25) is 29.3 Å². The first-order chi connectivity index (χ1) is 14.5. The normalized spacial score (nSPS) is 15.2. The molecule has 0 spiro atoms. The molecule has 2 heterocycles. The highest BCUT2D eigenvalue weighted by molar-refractivity contribution is 8.18. The Morgan fingerprint density at radius 3 is 2.67 bits per heavy atom. The van der Waals surface area contributed by atoms with Crippen LogP contribution in [0.2, 0.25) is 0 Å². The van der Waals surface area contributed by atoms with Gasteiger partial charge < -0.3 is 5.32 Å². The van der Waals surface area contributed by atoms with Gasteiger partial charge in [-0.15, -0.1) is 0 Å². The predicted molar refractivity (Wildman–Crippen MR) is 112 cm³/mol. The van der Waals surface area contributed by atoms with Gasteiger partial charge >= 0.3 is 0 Å². The van der Waals surface area contributed by atoms with E-state index in [9.17, 15) is 18.8 Å². The van der Waals surface area contributed by atoms with Crippen LogP contribution in [0.5, 0.6) is 0 Å². The number of anilines is 1. The smallest absolute Gasteiger partial charge is 0.293 e. The Kier molecular flexibility index (Phi) is 5.53. The number of amides is 3. The molecule has 1 N–H and O–H groups in total. The van der Waals surface area contributed by atoms with Crippen molar-refractivity contribution < 1.29 is 18.8 Å². The average molecular weight is 422 g/mol. The second-order valence-corrected chi connectivity index (χ2v) is 7.41. The maximum absolute atomic E-state index is 13.8. The van der Waals surface area contributed by atoms with Crippen LogP contribution < -0.4 is 5.32 Å².